The molecule has 0 atom stereocenters. The molecule has 4 heteroatoms. The van der Waals surface area contributed by atoms with Crippen molar-refractivity contribution in [1.82, 2.24) is 5.32 Å². The van der Waals surface area contributed by atoms with E-state index in [4.69, 9.17) is 16.3 Å². The Bertz CT molecular complexity index is 545. The molecule has 0 aliphatic heterocycles. The number of hydrogen-bond acceptors (Lipinski definition) is 2. The Morgan fingerprint density at radius 3 is 2.61 bits per heavy atom. The topological polar surface area (TPSA) is 21.3 Å². The third kappa shape index (κ3) is 3.48. The van der Waals surface area contributed by atoms with Gasteiger partial charge in [-0.15, -0.1) is 0 Å². The largest absolute Gasteiger partial charge is 0.457 e. The molecule has 0 unspecified atom stereocenters. The first-order chi connectivity index (χ1) is 8.69. The minimum Gasteiger partial charge on any atom is -0.457 e. The summed E-state index contributed by atoms with van der Waals surface area (Å²) in [5, 5.41) is 3.78. The number of nitrogens with one attached hydrogen (secondary N) is 1. The molecular formula is C14H13BrClNO. The van der Waals surface area contributed by atoms with Crippen molar-refractivity contribution in [2.75, 3.05) is 7.05 Å². The third-order valence-corrected chi connectivity index (χ3v) is 3.40. The number of halogens is 2. The SMILES string of the molecule is CNCc1ccc(Oc2cccc(Cl)c2)cc1Br. The van der Waals surface area contributed by atoms with Gasteiger partial charge < -0.3 is 10.1 Å². The summed E-state index contributed by atoms with van der Waals surface area (Å²) < 4.78 is 6.76. The van der Waals surface area contributed by atoms with Crippen LogP contribution in [-0.2, 0) is 6.54 Å². The van der Waals surface area contributed by atoms with E-state index in [9.17, 15) is 0 Å². The van der Waals surface area contributed by atoms with Crippen molar-refractivity contribution in [2.45, 2.75) is 6.54 Å². The Morgan fingerprint density at radius 2 is 1.94 bits per heavy atom. The van der Waals surface area contributed by atoms with Crippen LogP contribution in [0.25, 0.3) is 0 Å². The molecule has 0 heterocycles. The second-order valence-electron chi connectivity index (χ2n) is 3.84. The fourth-order valence-electron chi connectivity index (χ4n) is 1.59. The Labute approximate surface area is 120 Å². The first kappa shape index (κ1) is 13.4. The van der Waals surface area contributed by atoms with Gasteiger partial charge in [-0.05, 0) is 42.9 Å². The highest BCUT2D eigenvalue weighted by Crippen LogP contribution is 2.28. The van der Waals surface area contributed by atoms with Gasteiger partial charge in [0.1, 0.15) is 11.5 Å². The third-order valence-electron chi connectivity index (χ3n) is 2.42. The highest BCUT2D eigenvalue weighted by atomic mass is 79.9. The van der Waals surface area contributed by atoms with Gasteiger partial charge in [0, 0.05) is 16.0 Å². The highest BCUT2D eigenvalue weighted by Gasteiger charge is 2.03. The molecule has 0 aliphatic carbocycles. The van der Waals surface area contributed by atoms with E-state index in [1.54, 1.807) is 6.07 Å². The van der Waals surface area contributed by atoms with E-state index in [2.05, 4.69) is 21.2 Å². The van der Waals surface area contributed by atoms with Crippen LogP contribution in [-0.4, -0.2) is 7.05 Å². The first-order valence-corrected chi connectivity index (χ1v) is 6.72. The van der Waals surface area contributed by atoms with Gasteiger partial charge in [-0.1, -0.05) is 39.7 Å². The second kappa shape index (κ2) is 6.23. The lowest BCUT2D eigenvalue weighted by Crippen LogP contribution is -2.05. The van der Waals surface area contributed by atoms with Crippen molar-refractivity contribution in [3.05, 3.63) is 57.5 Å². The summed E-state index contributed by atoms with van der Waals surface area (Å²) in [7, 11) is 1.92. The minimum absolute atomic E-state index is 0.665. The summed E-state index contributed by atoms with van der Waals surface area (Å²) in [6.07, 6.45) is 0. The monoisotopic (exact) mass is 325 g/mol. The molecule has 1 N–H and O–H groups in total. The van der Waals surface area contributed by atoms with Crippen LogP contribution in [0.1, 0.15) is 5.56 Å². The number of ether oxygens (including phenoxy) is 1. The molecule has 0 radical (unpaired) electrons. The molecule has 18 heavy (non-hydrogen) atoms. The lowest BCUT2D eigenvalue weighted by atomic mass is 10.2. The Balaban J connectivity index is 2.17. The molecule has 94 valence electrons. The molecule has 0 amide bonds. The molecule has 0 fully saturated rings. The smallest absolute Gasteiger partial charge is 0.128 e. The van der Waals surface area contributed by atoms with Crippen molar-refractivity contribution in [1.29, 1.82) is 0 Å². The Morgan fingerprint density at radius 1 is 1.17 bits per heavy atom. The molecule has 0 aromatic heterocycles. The standard InChI is InChI=1S/C14H13BrClNO/c1-17-9-10-5-6-13(8-14(10)15)18-12-4-2-3-11(16)7-12/h2-8,17H,9H2,1H3. The lowest BCUT2D eigenvalue weighted by Gasteiger charge is -2.09. The van der Waals surface area contributed by atoms with Crippen LogP contribution in [0, 0.1) is 0 Å². The summed E-state index contributed by atoms with van der Waals surface area (Å²) >= 11 is 9.44. The van der Waals surface area contributed by atoms with Gasteiger partial charge in [0.2, 0.25) is 0 Å². The zero-order valence-electron chi connectivity index (χ0n) is 9.91. The van der Waals surface area contributed by atoms with E-state index in [1.165, 1.54) is 5.56 Å². The Hall–Kier alpha value is -1.03. The predicted molar refractivity (Wildman–Crippen MR) is 78.4 cm³/mol. The van der Waals surface area contributed by atoms with Crippen LogP contribution in [0.15, 0.2) is 46.9 Å². The van der Waals surface area contributed by atoms with E-state index in [1.807, 2.05) is 43.4 Å². The number of rotatable bonds is 4. The van der Waals surface area contributed by atoms with Gasteiger partial charge in [0.25, 0.3) is 0 Å². The number of benzene rings is 2. The van der Waals surface area contributed by atoms with Crippen LogP contribution in [0.5, 0.6) is 11.5 Å². The van der Waals surface area contributed by atoms with E-state index in [-0.39, 0.29) is 0 Å². The van der Waals surface area contributed by atoms with Crippen LogP contribution < -0.4 is 10.1 Å². The van der Waals surface area contributed by atoms with E-state index in [0.29, 0.717) is 5.02 Å². The van der Waals surface area contributed by atoms with Crippen LogP contribution in [0.4, 0.5) is 0 Å². The van der Waals surface area contributed by atoms with E-state index >= 15 is 0 Å². The summed E-state index contributed by atoms with van der Waals surface area (Å²) in [4.78, 5) is 0. The van der Waals surface area contributed by atoms with Crippen molar-refractivity contribution in [3.8, 4) is 11.5 Å². The van der Waals surface area contributed by atoms with Crippen molar-refractivity contribution in [2.24, 2.45) is 0 Å². The second-order valence-corrected chi connectivity index (χ2v) is 5.13. The number of hydrogen-bond donors (Lipinski definition) is 1. The van der Waals surface area contributed by atoms with Gasteiger partial charge in [0.15, 0.2) is 0 Å². The fraction of sp³-hybridized carbons (Fsp3) is 0.143. The molecule has 2 rings (SSSR count). The summed E-state index contributed by atoms with van der Waals surface area (Å²) in [5.74, 6) is 1.51. The van der Waals surface area contributed by atoms with Crippen molar-refractivity contribution in [3.63, 3.8) is 0 Å². The van der Waals surface area contributed by atoms with E-state index in [0.717, 1.165) is 22.5 Å². The van der Waals surface area contributed by atoms with Gasteiger partial charge >= 0.3 is 0 Å². The van der Waals surface area contributed by atoms with Crippen molar-refractivity contribution < 1.29 is 4.74 Å². The molecular weight excluding hydrogens is 314 g/mol. The summed E-state index contributed by atoms with van der Waals surface area (Å²) in [5.41, 5.74) is 1.19. The molecule has 0 bridgehead atoms. The molecule has 0 saturated heterocycles. The lowest BCUT2D eigenvalue weighted by molar-refractivity contribution is 0.482. The summed E-state index contributed by atoms with van der Waals surface area (Å²) in [6.45, 7) is 0.817. The molecule has 2 aromatic rings. The first-order valence-electron chi connectivity index (χ1n) is 5.55. The normalized spacial score (nSPS) is 10.4. The average Bonchev–Trinajstić information content (AvgIpc) is 2.33. The van der Waals surface area contributed by atoms with Gasteiger partial charge in [0.05, 0.1) is 0 Å². The zero-order valence-corrected chi connectivity index (χ0v) is 12.3. The van der Waals surface area contributed by atoms with Crippen LogP contribution >= 0.6 is 27.5 Å². The quantitative estimate of drug-likeness (QED) is 0.885. The predicted octanol–water partition coefficient (Wildman–Crippen LogP) is 4.61. The van der Waals surface area contributed by atoms with Gasteiger partial charge in [-0.25, -0.2) is 0 Å². The maximum atomic E-state index is 5.91. The average molecular weight is 327 g/mol. The maximum absolute atomic E-state index is 5.91. The van der Waals surface area contributed by atoms with Gasteiger partial charge in [-0.3, -0.25) is 0 Å². The fourth-order valence-corrected chi connectivity index (χ4v) is 2.27. The Kier molecular flexibility index (Phi) is 4.64. The van der Waals surface area contributed by atoms with E-state index < -0.39 is 0 Å². The van der Waals surface area contributed by atoms with Gasteiger partial charge in [-0.2, -0.15) is 0 Å². The van der Waals surface area contributed by atoms with Crippen LogP contribution in [0.2, 0.25) is 5.02 Å². The molecule has 2 aromatic carbocycles. The maximum Gasteiger partial charge on any atom is 0.128 e. The molecule has 2 nitrogen and oxygen atoms in total. The molecule has 0 aliphatic rings. The minimum atomic E-state index is 0.665. The molecule has 0 spiro atoms. The molecule has 0 saturated carbocycles. The highest BCUT2D eigenvalue weighted by molar-refractivity contribution is 9.10. The summed E-state index contributed by atoms with van der Waals surface area (Å²) in [6, 6.07) is 13.3. The zero-order chi connectivity index (χ0) is 13.0. The van der Waals surface area contributed by atoms with Crippen molar-refractivity contribution >= 4 is 27.5 Å². The van der Waals surface area contributed by atoms with Crippen LogP contribution in [0.3, 0.4) is 0 Å².